The van der Waals surface area contributed by atoms with Crippen LogP contribution < -0.4 is 0 Å². The second-order valence-corrected chi connectivity index (χ2v) is 7.80. The third-order valence-corrected chi connectivity index (χ3v) is 5.89. The number of aromatic nitrogens is 1. The summed E-state index contributed by atoms with van der Waals surface area (Å²) in [5.74, 6) is 0. The van der Waals surface area contributed by atoms with E-state index < -0.39 is 0 Å². The summed E-state index contributed by atoms with van der Waals surface area (Å²) in [6.45, 7) is 4.45. The molecule has 3 aromatic carbocycles. The molecule has 0 N–H and O–H groups in total. The monoisotopic (exact) mass is 362 g/mol. The average Bonchev–Trinajstić information content (AvgIpc) is 2.74. The van der Waals surface area contributed by atoms with Gasteiger partial charge in [0, 0.05) is 22.7 Å². The Hall–Kier alpha value is -3.26. The van der Waals surface area contributed by atoms with Crippen LogP contribution in [0.3, 0.4) is 0 Å². The van der Waals surface area contributed by atoms with E-state index in [1.54, 1.807) is 0 Å². The highest BCUT2D eigenvalue weighted by molar-refractivity contribution is 6.04. The Morgan fingerprint density at radius 1 is 0.821 bits per heavy atom. The standard InChI is InChI=1S/C26H22N2/c1-18-17-26(2,20-11-7-4-8-12-20)23-14-13-22-21(19-9-5-3-6-10-19)15-16-27-24(22)25(23)28-18/h3-16H,17H2,1-2H3. The summed E-state index contributed by atoms with van der Waals surface area (Å²) in [5.41, 5.74) is 8.05. The van der Waals surface area contributed by atoms with Crippen LogP contribution in [0.15, 0.2) is 90.1 Å². The number of hydrogen-bond acceptors (Lipinski definition) is 2. The molecule has 0 aliphatic carbocycles. The summed E-state index contributed by atoms with van der Waals surface area (Å²) in [5, 5.41) is 1.15. The molecule has 1 atom stereocenters. The smallest absolute Gasteiger partial charge is 0.0967 e. The molecule has 2 heteroatoms. The van der Waals surface area contributed by atoms with E-state index in [9.17, 15) is 0 Å². The van der Waals surface area contributed by atoms with Gasteiger partial charge in [0.1, 0.15) is 0 Å². The summed E-state index contributed by atoms with van der Waals surface area (Å²) in [4.78, 5) is 9.75. The minimum Gasteiger partial charge on any atom is -0.255 e. The molecule has 0 bridgehead atoms. The summed E-state index contributed by atoms with van der Waals surface area (Å²) in [6.07, 6.45) is 2.83. The van der Waals surface area contributed by atoms with Crippen LogP contribution in [0.2, 0.25) is 0 Å². The molecule has 0 saturated heterocycles. The second kappa shape index (κ2) is 6.42. The van der Waals surface area contributed by atoms with Gasteiger partial charge < -0.3 is 0 Å². The van der Waals surface area contributed by atoms with Crippen LogP contribution in [0, 0.1) is 0 Å². The zero-order chi connectivity index (χ0) is 19.1. The molecule has 0 radical (unpaired) electrons. The Bertz CT molecular complexity index is 1190. The van der Waals surface area contributed by atoms with Crippen molar-refractivity contribution >= 4 is 22.3 Å². The summed E-state index contributed by atoms with van der Waals surface area (Å²) in [7, 11) is 0. The van der Waals surface area contributed by atoms with Crippen molar-refractivity contribution in [3.63, 3.8) is 0 Å². The van der Waals surface area contributed by atoms with Crippen LogP contribution in [0.4, 0.5) is 5.69 Å². The molecular weight excluding hydrogens is 340 g/mol. The van der Waals surface area contributed by atoms with Gasteiger partial charge in [-0.15, -0.1) is 0 Å². The number of pyridine rings is 1. The molecule has 0 saturated carbocycles. The van der Waals surface area contributed by atoms with Crippen molar-refractivity contribution in [1.29, 1.82) is 0 Å². The second-order valence-electron chi connectivity index (χ2n) is 7.80. The van der Waals surface area contributed by atoms with E-state index in [1.165, 1.54) is 22.3 Å². The molecule has 0 fully saturated rings. The molecule has 5 rings (SSSR count). The van der Waals surface area contributed by atoms with Crippen molar-refractivity contribution in [2.75, 3.05) is 0 Å². The molecule has 4 aromatic rings. The molecule has 2 heterocycles. The fourth-order valence-electron chi connectivity index (χ4n) is 4.53. The van der Waals surface area contributed by atoms with Crippen LogP contribution in [0.25, 0.3) is 22.0 Å². The molecular formula is C26H22N2. The van der Waals surface area contributed by atoms with Gasteiger partial charge in [-0.05, 0) is 41.7 Å². The first-order chi connectivity index (χ1) is 13.7. The van der Waals surface area contributed by atoms with Crippen LogP contribution in [-0.2, 0) is 5.41 Å². The predicted molar refractivity (Wildman–Crippen MR) is 117 cm³/mol. The highest BCUT2D eigenvalue weighted by Crippen LogP contribution is 2.47. The van der Waals surface area contributed by atoms with Crippen LogP contribution in [-0.4, -0.2) is 10.7 Å². The highest BCUT2D eigenvalue weighted by Gasteiger charge is 2.35. The number of aliphatic imine (C=N–C) groups is 1. The normalized spacial score (nSPS) is 18.6. The maximum Gasteiger partial charge on any atom is 0.0967 e. The maximum atomic E-state index is 4.98. The first-order valence-corrected chi connectivity index (χ1v) is 9.74. The van der Waals surface area contributed by atoms with E-state index in [0.29, 0.717) is 0 Å². The highest BCUT2D eigenvalue weighted by atomic mass is 14.8. The van der Waals surface area contributed by atoms with E-state index in [0.717, 1.165) is 28.7 Å². The van der Waals surface area contributed by atoms with Crippen molar-refractivity contribution in [2.24, 2.45) is 4.99 Å². The average molecular weight is 362 g/mol. The molecule has 0 amide bonds. The molecule has 1 unspecified atom stereocenters. The Morgan fingerprint density at radius 3 is 2.29 bits per heavy atom. The van der Waals surface area contributed by atoms with E-state index in [4.69, 9.17) is 9.98 Å². The van der Waals surface area contributed by atoms with Gasteiger partial charge in [-0.1, -0.05) is 79.7 Å². The van der Waals surface area contributed by atoms with E-state index in [1.807, 2.05) is 12.3 Å². The Balaban J connectivity index is 1.79. The lowest BCUT2D eigenvalue weighted by Crippen LogP contribution is -2.29. The van der Waals surface area contributed by atoms with Crippen LogP contribution >= 0.6 is 0 Å². The van der Waals surface area contributed by atoms with Gasteiger partial charge in [0.2, 0.25) is 0 Å². The van der Waals surface area contributed by atoms with Gasteiger partial charge >= 0.3 is 0 Å². The van der Waals surface area contributed by atoms with Gasteiger partial charge in [0.15, 0.2) is 0 Å². The molecule has 1 aliphatic heterocycles. The van der Waals surface area contributed by atoms with E-state index in [2.05, 4.69) is 86.6 Å². The topological polar surface area (TPSA) is 25.2 Å². The quantitative estimate of drug-likeness (QED) is 0.389. The van der Waals surface area contributed by atoms with E-state index in [-0.39, 0.29) is 5.41 Å². The van der Waals surface area contributed by atoms with Gasteiger partial charge in [-0.25, -0.2) is 0 Å². The molecule has 0 spiro atoms. The van der Waals surface area contributed by atoms with Crippen molar-refractivity contribution in [2.45, 2.75) is 25.7 Å². The van der Waals surface area contributed by atoms with Gasteiger partial charge in [-0.3, -0.25) is 9.98 Å². The molecule has 1 aliphatic rings. The largest absolute Gasteiger partial charge is 0.255 e. The van der Waals surface area contributed by atoms with Gasteiger partial charge in [0.25, 0.3) is 0 Å². The predicted octanol–water partition coefficient (Wildman–Crippen LogP) is 6.70. The number of hydrogen-bond donors (Lipinski definition) is 0. The maximum absolute atomic E-state index is 4.98. The lowest BCUT2D eigenvalue weighted by molar-refractivity contribution is 0.590. The summed E-state index contributed by atoms with van der Waals surface area (Å²) < 4.78 is 0. The zero-order valence-corrected chi connectivity index (χ0v) is 16.2. The first-order valence-electron chi connectivity index (χ1n) is 9.74. The SMILES string of the molecule is CC1=Nc2c(ccc3c(-c4ccccc4)ccnc23)C(C)(c2ccccc2)C1. The third-order valence-electron chi connectivity index (χ3n) is 5.89. The fraction of sp³-hybridized carbons (Fsp3) is 0.154. The van der Waals surface area contributed by atoms with E-state index >= 15 is 0 Å². The third kappa shape index (κ3) is 2.56. The summed E-state index contributed by atoms with van der Waals surface area (Å²) in [6, 6.07) is 27.8. The lowest BCUT2D eigenvalue weighted by atomic mass is 9.70. The molecule has 1 aromatic heterocycles. The Morgan fingerprint density at radius 2 is 1.54 bits per heavy atom. The molecule has 28 heavy (non-hydrogen) atoms. The van der Waals surface area contributed by atoms with Gasteiger partial charge in [0.05, 0.1) is 11.2 Å². The van der Waals surface area contributed by atoms with Crippen molar-refractivity contribution in [3.05, 3.63) is 96.2 Å². The van der Waals surface area contributed by atoms with Crippen molar-refractivity contribution in [3.8, 4) is 11.1 Å². The van der Waals surface area contributed by atoms with Crippen LogP contribution in [0.1, 0.15) is 31.4 Å². The number of benzene rings is 3. The number of fused-ring (bicyclic) bond motifs is 3. The molecule has 2 nitrogen and oxygen atoms in total. The van der Waals surface area contributed by atoms with Gasteiger partial charge in [-0.2, -0.15) is 0 Å². The number of rotatable bonds is 2. The van der Waals surface area contributed by atoms with Crippen molar-refractivity contribution in [1.82, 2.24) is 4.98 Å². The van der Waals surface area contributed by atoms with Crippen LogP contribution in [0.5, 0.6) is 0 Å². The minimum absolute atomic E-state index is 0.0962. The summed E-state index contributed by atoms with van der Waals surface area (Å²) >= 11 is 0. The Kier molecular flexibility index (Phi) is 3.87. The fourth-order valence-corrected chi connectivity index (χ4v) is 4.53. The van der Waals surface area contributed by atoms with Crippen molar-refractivity contribution < 1.29 is 0 Å². The Labute approximate surface area is 165 Å². The first kappa shape index (κ1) is 16.9. The lowest BCUT2D eigenvalue weighted by Gasteiger charge is -2.35. The number of nitrogens with zero attached hydrogens (tertiary/aromatic N) is 2. The minimum atomic E-state index is -0.0962. The zero-order valence-electron chi connectivity index (χ0n) is 16.2. The molecule has 136 valence electrons.